The molecule has 1 N–H and O–H groups in total. The average molecular weight is 380 g/mol. The van der Waals surface area contributed by atoms with E-state index in [1.165, 1.54) is 7.11 Å². The van der Waals surface area contributed by atoms with Crippen LogP contribution in [0.4, 0.5) is 4.79 Å². The van der Waals surface area contributed by atoms with E-state index in [0.717, 1.165) is 22.3 Å². The minimum atomic E-state index is -1.14. The Bertz CT molecular complexity index is 921. The number of aldehydes is 1. The fourth-order valence-electron chi connectivity index (χ4n) is 3.40. The summed E-state index contributed by atoms with van der Waals surface area (Å²) in [5.41, 5.74) is 1.80. The number of nitrogens with one attached hydrogen (secondary N) is 1. The van der Waals surface area contributed by atoms with Crippen molar-refractivity contribution < 1.29 is 19.1 Å². The van der Waals surface area contributed by atoms with Crippen molar-refractivity contribution in [3.8, 4) is 5.75 Å². The van der Waals surface area contributed by atoms with Crippen LogP contribution in [0.2, 0.25) is 0 Å². The summed E-state index contributed by atoms with van der Waals surface area (Å²) >= 11 is 0. The zero-order valence-electron chi connectivity index (χ0n) is 16.5. The molecule has 2 aromatic carbocycles. The summed E-state index contributed by atoms with van der Waals surface area (Å²) in [6.07, 6.45) is 0.717. The first-order chi connectivity index (χ1) is 13.3. The second kappa shape index (κ2) is 7.46. The van der Waals surface area contributed by atoms with Gasteiger partial charge in [0.1, 0.15) is 17.6 Å². The van der Waals surface area contributed by atoms with Crippen LogP contribution in [0.25, 0.3) is 0 Å². The van der Waals surface area contributed by atoms with Crippen LogP contribution >= 0.6 is 0 Å². The molecule has 1 heterocycles. The van der Waals surface area contributed by atoms with Crippen molar-refractivity contribution >= 4 is 18.2 Å². The molecule has 0 aliphatic carbocycles. The van der Waals surface area contributed by atoms with E-state index in [2.05, 4.69) is 19.2 Å². The highest BCUT2D eigenvalue weighted by Crippen LogP contribution is 2.32. The summed E-state index contributed by atoms with van der Waals surface area (Å²) in [6, 6.07) is 12.1. The van der Waals surface area contributed by atoms with Crippen LogP contribution in [0.3, 0.4) is 0 Å². The fraction of sp³-hybridized carbons (Fsp3) is 0.318. The monoisotopic (exact) mass is 380 g/mol. The van der Waals surface area contributed by atoms with Gasteiger partial charge in [-0.15, -0.1) is 0 Å². The topological polar surface area (TPSA) is 75.7 Å². The number of imide groups is 1. The van der Waals surface area contributed by atoms with Crippen LogP contribution in [0, 0.1) is 0 Å². The molecular formula is C22H24N2O4. The third-order valence-corrected chi connectivity index (χ3v) is 5.20. The molecule has 0 saturated carbocycles. The maximum Gasteiger partial charge on any atom is 0.325 e. The van der Waals surface area contributed by atoms with Gasteiger partial charge >= 0.3 is 6.03 Å². The molecule has 1 aliphatic rings. The number of rotatable bonds is 6. The van der Waals surface area contributed by atoms with Crippen LogP contribution in [0.1, 0.15) is 53.7 Å². The summed E-state index contributed by atoms with van der Waals surface area (Å²) in [7, 11) is 1.51. The van der Waals surface area contributed by atoms with Gasteiger partial charge < -0.3 is 10.1 Å². The van der Waals surface area contributed by atoms with E-state index in [0.29, 0.717) is 22.8 Å². The molecule has 0 aromatic heterocycles. The molecule has 1 fully saturated rings. The molecule has 6 heteroatoms. The van der Waals surface area contributed by atoms with E-state index in [4.69, 9.17) is 4.74 Å². The molecular weight excluding hydrogens is 356 g/mol. The van der Waals surface area contributed by atoms with Gasteiger partial charge in [0.2, 0.25) is 0 Å². The maximum absolute atomic E-state index is 13.1. The first-order valence-corrected chi connectivity index (χ1v) is 9.16. The molecule has 2 aromatic rings. The van der Waals surface area contributed by atoms with E-state index in [1.807, 2.05) is 24.3 Å². The largest absolute Gasteiger partial charge is 0.496 e. The molecule has 1 atom stereocenters. The van der Waals surface area contributed by atoms with Crippen molar-refractivity contribution in [2.45, 2.75) is 38.8 Å². The van der Waals surface area contributed by atoms with Gasteiger partial charge in [0.05, 0.1) is 13.7 Å². The van der Waals surface area contributed by atoms with Crippen LogP contribution in [0.5, 0.6) is 5.75 Å². The highest BCUT2D eigenvalue weighted by molar-refractivity contribution is 6.07. The minimum Gasteiger partial charge on any atom is -0.496 e. The van der Waals surface area contributed by atoms with Gasteiger partial charge in [-0.1, -0.05) is 38.1 Å². The van der Waals surface area contributed by atoms with E-state index in [9.17, 15) is 14.4 Å². The number of benzene rings is 2. The summed E-state index contributed by atoms with van der Waals surface area (Å²) in [5.74, 6) is 0.555. The van der Waals surface area contributed by atoms with Crippen LogP contribution < -0.4 is 10.1 Å². The number of carbonyl (C=O) groups is 3. The molecule has 3 rings (SSSR count). The lowest BCUT2D eigenvalue weighted by Crippen LogP contribution is -2.40. The first-order valence-electron chi connectivity index (χ1n) is 9.16. The average Bonchev–Trinajstić information content (AvgIpc) is 2.92. The van der Waals surface area contributed by atoms with Gasteiger partial charge in [-0.3, -0.25) is 14.5 Å². The van der Waals surface area contributed by atoms with Crippen molar-refractivity contribution in [3.05, 3.63) is 64.7 Å². The van der Waals surface area contributed by atoms with Gasteiger partial charge in [-0.05, 0) is 42.2 Å². The van der Waals surface area contributed by atoms with Crippen molar-refractivity contribution in [2.24, 2.45) is 0 Å². The van der Waals surface area contributed by atoms with Gasteiger partial charge in [0, 0.05) is 11.1 Å². The van der Waals surface area contributed by atoms with Crippen LogP contribution in [-0.2, 0) is 16.9 Å². The van der Waals surface area contributed by atoms with Gasteiger partial charge in [0.25, 0.3) is 5.91 Å². The first kappa shape index (κ1) is 19.6. The quantitative estimate of drug-likeness (QED) is 0.614. The number of urea groups is 1. The van der Waals surface area contributed by atoms with E-state index < -0.39 is 11.6 Å². The van der Waals surface area contributed by atoms with E-state index in [-0.39, 0.29) is 12.5 Å². The minimum absolute atomic E-state index is 0.0230. The SMILES string of the molecule is COc1ccc(C=O)cc1CN1C(=O)NC(C)(c2ccc(C(C)C)cc2)C1=O. The normalized spacial score (nSPS) is 19.1. The zero-order chi connectivity index (χ0) is 20.5. The van der Waals surface area contributed by atoms with E-state index in [1.54, 1.807) is 25.1 Å². The zero-order valence-corrected chi connectivity index (χ0v) is 16.5. The molecule has 1 unspecified atom stereocenters. The van der Waals surface area contributed by atoms with Gasteiger partial charge in [-0.25, -0.2) is 4.79 Å². The lowest BCUT2D eigenvalue weighted by Gasteiger charge is -2.23. The van der Waals surface area contributed by atoms with Crippen LogP contribution in [0.15, 0.2) is 42.5 Å². The fourth-order valence-corrected chi connectivity index (χ4v) is 3.40. The third-order valence-electron chi connectivity index (χ3n) is 5.20. The molecule has 0 bridgehead atoms. The Morgan fingerprint density at radius 3 is 2.39 bits per heavy atom. The predicted molar refractivity (Wildman–Crippen MR) is 105 cm³/mol. The summed E-state index contributed by atoms with van der Waals surface area (Å²) < 4.78 is 5.31. The Hall–Kier alpha value is -3.15. The molecule has 6 nitrogen and oxygen atoms in total. The Morgan fingerprint density at radius 1 is 1.14 bits per heavy atom. The maximum atomic E-state index is 13.1. The number of carbonyl (C=O) groups excluding carboxylic acids is 3. The molecule has 146 valence electrons. The van der Waals surface area contributed by atoms with Gasteiger partial charge in [0.15, 0.2) is 0 Å². The number of hydrogen-bond acceptors (Lipinski definition) is 4. The summed E-state index contributed by atoms with van der Waals surface area (Å²) in [5, 5.41) is 2.81. The highest BCUT2D eigenvalue weighted by atomic mass is 16.5. The smallest absolute Gasteiger partial charge is 0.325 e. The molecule has 0 radical (unpaired) electrons. The Kier molecular flexibility index (Phi) is 5.23. The number of ether oxygens (including phenoxy) is 1. The second-order valence-electron chi connectivity index (χ2n) is 7.41. The third kappa shape index (κ3) is 3.38. The van der Waals surface area contributed by atoms with E-state index >= 15 is 0 Å². The van der Waals surface area contributed by atoms with Crippen molar-refractivity contribution in [3.63, 3.8) is 0 Å². The van der Waals surface area contributed by atoms with Crippen molar-refractivity contribution in [2.75, 3.05) is 7.11 Å². The number of hydrogen-bond donors (Lipinski definition) is 1. The highest BCUT2D eigenvalue weighted by Gasteiger charge is 2.49. The van der Waals surface area contributed by atoms with Gasteiger partial charge in [-0.2, -0.15) is 0 Å². The number of nitrogens with zero attached hydrogens (tertiary/aromatic N) is 1. The van der Waals surface area contributed by atoms with Crippen molar-refractivity contribution in [1.29, 1.82) is 0 Å². The Balaban J connectivity index is 1.90. The summed E-state index contributed by atoms with van der Waals surface area (Å²) in [4.78, 5) is 38.0. The lowest BCUT2D eigenvalue weighted by atomic mass is 9.90. The number of methoxy groups -OCH3 is 1. The number of amides is 3. The molecule has 0 spiro atoms. The van der Waals surface area contributed by atoms with Crippen molar-refractivity contribution in [1.82, 2.24) is 10.2 Å². The second-order valence-corrected chi connectivity index (χ2v) is 7.41. The van der Waals surface area contributed by atoms with Crippen LogP contribution in [-0.4, -0.2) is 30.2 Å². The molecule has 1 saturated heterocycles. The summed E-state index contributed by atoms with van der Waals surface area (Å²) in [6.45, 7) is 5.93. The Morgan fingerprint density at radius 2 is 1.82 bits per heavy atom. The molecule has 1 aliphatic heterocycles. The predicted octanol–water partition coefficient (Wildman–Crippen LogP) is 3.60. The Labute approximate surface area is 164 Å². The lowest BCUT2D eigenvalue weighted by molar-refractivity contribution is -0.131. The standard InChI is InChI=1S/C22H24N2O4/c1-14(2)16-6-8-18(9-7-16)22(3)20(26)24(21(27)23-22)12-17-11-15(13-25)5-10-19(17)28-4/h5-11,13-14H,12H2,1-4H3,(H,23,27). The molecule has 3 amide bonds. The molecule has 28 heavy (non-hydrogen) atoms.